The van der Waals surface area contributed by atoms with Crippen LogP contribution in [-0.2, 0) is 4.79 Å². The average molecular weight is 498 g/mol. The number of hydrogen-bond donors (Lipinski definition) is 1. The van der Waals surface area contributed by atoms with E-state index in [1.165, 1.54) is 12.1 Å². The smallest absolute Gasteiger partial charge is 0.251 e. The first-order valence-electron chi connectivity index (χ1n) is 12.8. The molecular formula is C29H37F2N3O2. The van der Waals surface area contributed by atoms with Crippen LogP contribution in [0.4, 0.5) is 8.78 Å². The molecule has 0 spiro atoms. The largest absolute Gasteiger partial charge is 0.355 e. The van der Waals surface area contributed by atoms with Crippen molar-refractivity contribution in [1.82, 2.24) is 15.1 Å². The number of aryl methyl sites for hydroxylation is 1. The van der Waals surface area contributed by atoms with Gasteiger partial charge in [-0.25, -0.2) is 8.78 Å². The van der Waals surface area contributed by atoms with Crippen molar-refractivity contribution in [3.05, 3.63) is 70.3 Å². The third-order valence-corrected chi connectivity index (χ3v) is 7.87. The van der Waals surface area contributed by atoms with Crippen molar-refractivity contribution in [2.75, 3.05) is 33.2 Å². The van der Waals surface area contributed by atoms with Gasteiger partial charge in [-0.15, -0.1) is 0 Å². The van der Waals surface area contributed by atoms with Crippen molar-refractivity contribution < 1.29 is 18.4 Å². The molecule has 2 aromatic carbocycles. The van der Waals surface area contributed by atoms with Gasteiger partial charge < -0.3 is 10.2 Å². The Kier molecular flexibility index (Phi) is 7.51. The zero-order chi connectivity index (χ0) is 26.2. The average Bonchev–Trinajstić information content (AvgIpc) is 3.29. The lowest BCUT2D eigenvalue weighted by Gasteiger charge is -2.35. The summed E-state index contributed by atoms with van der Waals surface area (Å²) in [6, 6.07) is 9.58. The van der Waals surface area contributed by atoms with Crippen LogP contribution in [0, 0.1) is 24.5 Å². The van der Waals surface area contributed by atoms with Crippen molar-refractivity contribution in [2.24, 2.45) is 5.92 Å². The summed E-state index contributed by atoms with van der Waals surface area (Å²) in [6.07, 6.45) is 1.54. The lowest BCUT2D eigenvalue weighted by Crippen LogP contribution is -2.44. The van der Waals surface area contributed by atoms with Gasteiger partial charge in [0, 0.05) is 56.3 Å². The zero-order valence-electron chi connectivity index (χ0n) is 21.9. The molecule has 2 aromatic rings. The SMILES string of the molecule is CNC(=O)c1ccc(C)cc1C1CCN(C(=O)C2CN(C(C)(C)C)C[C@H]2c2ccc(F)cc2F)CC1. The Morgan fingerprint density at radius 2 is 1.67 bits per heavy atom. The number of carbonyl (C=O) groups excluding carboxylic acids is 2. The summed E-state index contributed by atoms with van der Waals surface area (Å²) in [5.41, 5.74) is 3.07. The van der Waals surface area contributed by atoms with Gasteiger partial charge in [0.1, 0.15) is 11.6 Å². The molecule has 36 heavy (non-hydrogen) atoms. The molecule has 2 fully saturated rings. The molecule has 194 valence electrons. The summed E-state index contributed by atoms with van der Waals surface area (Å²) in [5.74, 6) is -1.78. The quantitative estimate of drug-likeness (QED) is 0.657. The third kappa shape index (κ3) is 5.31. The molecule has 7 heteroatoms. The number of piperidine rings is 1. The first-order valence-corrected chi connectivity index (χ1v) is 12.8. The minimum atomic E-state index is -0.612. The highest BCUT2D eigenvalue weighted by Gasteiger charge is 2.44. The number of likely N-dealkylation sites (tertiary alicyclic amines) is 2. The number of amides is 2. The molecule has 0 radical (unpaired) electrons. The minimum absolute atomic E-state index is 0.0321. The van der Waals surface area contributed by atoms with Gasteiger partial charge in [0.2, 0.25) is 5.91 Å². The molecule has 2 aliphatic heterocycles. The van der Waals surface area contributed by atoms with Gasteiger partial charge in [0.25, 0.3) is 5.91 Å². The van der Waals surface area contributed by atoms with Crippen molar-refractivity contribution in [3.8, 4) is 0 Å². The molecule has 2 heterocycles. The first-order chi connectivity index (χ1) is 17.0. The van der Waals surface area contributed by atoms with Gasteiger partial charge in [-0.1, -0.05) is 23.8 Å². The van der Waals surface area contributed by atoms with Crippen molar-refractivity contribution in [1.29, 1.82) is 0 Å². The van der Waals surface area contributed by atoms with Crippen molar-refractivity contribution in [2.45, 2.75) is 57.9 Å². The van der Waals surface area contributed by atoms with E-state index in [1.807, 2.05) is 24.0 Å². The van der Waals surface area contributed by atoms with Gasteiger partial charge in [-0.05, 0) is 69.7 Å². The molecule has 2 saturated heterocycles. The van der Waals surface area contributed by atoms with Gasteiger partial charge in [0.05, 0.1) is 5.92 Å². The Morgan fingerprint density at radius 1 is 0.972 bits per heavy atom. The molecule has 0 aliphatic carbocycles. The van der Waals surface area contributed by atoms with Crippen LogP contribution < -0.4 is 5.32 Å². The van der Waals surface area contributed by atoms with E-state index in [2.05, 4.69) is 37.1 Å². The van der Waals surface area contributed by atoms with Crippen LogP contribution in [0.1, 0.15) is 72.5 Å². The first kappa shape index (κ1) is 26.3. The number of rotatable bonds is 4. The van der Waals surface area contributed by atoms with Crippen LogP contribution >= 0.6 is 0 Å². The van der Waals surface area contributed by atoms with E-state index in [0.29, 0.717) is 37.3 Å². The third-order valence-electron chi connectivity index (χ3n) is 7.87. The Bertz CT molecular complexity index is 1140. The van der Waals surface area contributed by atoms with Crippen molar-refractivity contribution >= 4 is 11.8 Å². The molecule has 0 saturated carbocycles. The molecule has 2 amide bonds. The Morgan fingerprint density at radius 3 is 2.28 bits per heavy atom. The van der Waals surface area contributed by atoms with E-state index in [9.17, 15) is 18.4 Å². The Labute approximate surface area is 212 Å². The number of nitrogens with zero attached hydrogens (tertiary/aromatic N) is 2. The lowest BCUT2D eigenvalue weighted by molar-refractivity contribution is -0.136. The molecule has 2 aliphatic rings. The number of nitrogens with one attached hydrogen (secondary N) is 1. The Balaban J connectivity index is 1.53. The summed E-state index contributed by atoms with van der Waals surface area (Å²) in [5, 5.41) is 2.73. The lowest BCUT2D eigenvalue weighted by atomic mass is 9.83. The summed E-state index contributed by atoms with van der Waals surface area (Å²) >= 11 is 0. The van der Waals surface area contributed by atoms with E-state index in [4.69, 9.17) is 0 Å². The van der Waals surface area contributed by atoms with Crippen LogP contribution in [0.3, 0.4) is 0 Å². The molecule has 4 rings (SSSR count). The fourth-order valence-electron chi connectivity index (χ4n) is 5.73. The summed E-state index contributed by atoms with van der Waals surface area (Å²) in [4.78, 5) is 30.3. The number of benzene rings is 2. The van der Waals surface area contributed by atoms with Gasteiger partial charge in [-0.2, -0.15) is 0 Å². The van der Waals surface area contributed by atoms with Gasteiger partial charge in [-0.3, -0.25) is 14.5 Å². The van der Waals surface area contributed by atoms with E-state index < -0.39 is 11.6 Å². The standard InChI is InChI=1S/C29H37F2N3O2/c1-18-6-8-22(27(35)32-5)23(14-18)19-10-12-33(13-11-19)28(36)25-17-34(29(2,3)4)16-24(25)21-9-7-20(30)15-26(21)31/h6-9,14-15,19,24-25H,10-13,16-17H2,1-5H3,(H,32,35)/t24-,25?/m0/s1. The fraction of sp³-hybridized carbons (Fsp3) is 0.517. The second-order valence-electron chi connectivity index (χ2n) is 11.2. The monoisotopic (exact) mass is 497 g/mol. The second kappa shape index (κ2) is 10.3. The van der Waals surface area contributed by atoms with Crippen LogP contribution in [0.15, 0.2) is 36.4 Å². The zero-order valence-corrected chi connectivity index (χ0v) is 21.9. The molecule has 0 bridgehead atoms. The predicted molar refractivity (Wildman–Crippen MR) is 137 cm³/mol. The van der Waals surface area contributed by atoms with E-state index in [-0.39, 0.29) is 35.1 Å². The van der Waals surface area contributed by atoms with E-state index >= 15 is 0 Å². The highest BCUT2D eigenvalue weighted by molar-refractivity contribution is 5.95. The summed E-state index contributed by atoms with van der Waals surface area (Å²) in [7, 11) is 1.64. The van der Waals surface area contributed by atoms with Gasteiger partial charge >= 0.3 is 0 Å². The maximum Gasteiger partial charge on any atom is 0.251 e. The summed E-state index contributed by atoms with van der Waals surface area (Å²) in [6.45, 7) is 10.6. The molecule has 0 aromatic heterocycles. The number of halogens is 2. The molecule has 5 nitrogen and oxygen atoms in total. The second-order valence-corrected chi connectivity index (χ2v) is 11.2. The maximum absolute atomic E-state index is 14.8. The van der Waals surface area contributed by atoms with E-state index in [0.717, 1.165) is 30.0 Å². The van der Waals surface area contributed by atoms with Gasteiger partial charge in [0.15, 0.2) is 0 Å². The molecule has 1 unspecified atom stereocenters. The molecule has 1 N–H and O–H groups in total. The predicted octanol–water partition coefficient (Wildman–Crippen LogP) is 4.85. The number of carbonyl (C=O) groups is 2. The van der Waals surface area contributed by atoms with Crippen LogP contribution in [-0.4, -0.2) is 60.4 Å². The molecule has 2 atom stereocenters. The van der Waals surface area contributed by atoms with E-state index in [1.54, 1.807) is 7.05 Å². The fourth-order valence-corrected chi connectivity index (χ4v) is 5.73. The van der Waals surface area contributed by atoms with Crippen LogP contribution in [0.5, 0.6) is 0 Å². The van der Waals surface area contributed by atoms with Crippen molar-refractivity contribution in [3.63, 3.8) is 0 Å². The highest BCUT2D eigenvalue weighted by atomic mass is 19.1. The Hall–Kier alpha value is -2.80. The van der Waals surface area contributed by atoms with Crippen LogP contribution in [0.25, 0.3) is 0 Å². The molecular weight excluding hydrogens is 460 g/mol. The normalized spacial score (nSPS) is 21.6. The minimum Gasteiger partial charge on any atom is -0.355 e. The highest BCUT2D eigenvalue weighted by Crippen LogP contribution is 2.40. The number of hydrogen-bond acceptors (Lipinski definition) is 3. The summed E-state index contributed by atoms with van der Waals surface area (Å²) < 4.78 is 28.4. The topological polar surface area (TPSA) is 52.7 Å². The van der Waals surface area contributed by atoms with Crippen LogP contribution in [0.2, 0.25) is 0 Å². The maximum atomic E-state index is 14.8.